The van der Waals surface area contributed by atoms with Crippen LogP contribution in [0, 0.1) is 5.82 Å². The van der Waals surface area contributed by atoms with Crippen molar-refractivity contribution in [2.75, 3.05) is 44.8 Å². The fraction of sp³-hybridized carbons (Fsp3) is 0.256. The van der Waals surface area contributed by atoms with Crippen LogP contribution in [0.25, 0.3) is 32.8 Å². The van der Waals surface area contributed by atoms with Gasteiger partial charge in [-0.15, -0.1) is 0 Å². The number of aromatic nitrogens is 1. The summed E-state index contributed by atoms with van der Waals surface area (Å²) in [5, 5.41) is 5.86. The van der Waals surface area contributed by atoms with E-state index in [9.17, 15) is 4.79 Å². The maximum Gasteiger partial charge on any atom is 0.261 e. The highest BCUT2D eigenvalue weighted by atomic mass is 35.5. The molecule has 6 aromatic rings. The predicted octanol–water partition coefficient (Wildman–Crippen LogP) is 9.09. The fourth-order valence-corrected chi connectivity index (χ4v) is 13.4. The molecule has 0 saturated carbocycles. The second kappa shape index (κ2) is 15.1. The molecule has 1 amide bonds. The summed E-state index contributed by atoms with van der Waals surface area (Å²) >= 11 is 8.13. The molecule has 1 aliphatic rings. The molecule has 6 nitrogen and oxygen atoms in total. The number of hydrogen-bond donors (Lipinski definition) is 0. The molecule has 0 spiro atoms. The van der Waals surface area contributed by atoms with Crippen LogP contribution in [0.5, 0.6) is 5.75 Å². The minimum Gasteiger partial charge on any atom is -0.497 e. The molecule has 0 aliphatic carbocycles. The van der Waals surface area contributed by atoms with Crippen molar-refractivity contribution in [3.8, 4) is 16.9 Å². The Balaban J connectivity index is 1.04. The molecule has 7 rings (SSSR count). The normalized spacial score (nSPS) is 13.8. The third-order valence-electron chi connectivity index (χ3n) is 10.3. The zero-order valence-corrected chi connectivity index (χ0v) is 33.1. The van der Waals surface area contributed by atoms with Crippen LogP contribution in [-0.2, 0) is 9.22 Å². The van der Waals surface area contributed by atoms with Crippen molar-refractivity contribution in [3.05, 3.63) is 126 Å². The van der Waals surface area contributed by atoms with Gasteiger partial charge in [0.2, 0.25) is 5.91 Å². The fourth-order valence-electron chi connectivity index (χ4n) is 7.61. The number of anilines is 1. The molecule has 0 bridgehead atoms. The number of halogens is 2. The van der Waals surface area contributed by atoms with Crippen molar-refractivity contribution < 1.29 is 18.3 Å². The monoisotopic (exact) mass is 763 g/mol. The Kier molecular flexibility index (Phi) is 10.5. The number of methoxy groups -OCH3 is 1. The van der Waals surface area contributed by atoms with Crippen LogP contribution in [0.4, 0.5) is 9.39 Å². The number of ether oxygens (including phenoxy) is 1. The van der Waals surface area contributed by atoms with Crippen LogP contribution in [0.3, 0.4) is 0 Å². The van der Waals surface area contributed by atoms with Crippen LogP contribution < -0.4 is 20.0 Å². The number of benzene rings is 5. The lowest BCUT2D eigenvalue weighted by Crippen LogP contribution is -2.66. The van der Waals surface area contributed by atoms with E-state index in [1.54, 1.807) is 7.11 Å². The van der Waals surface area contributed by atoms with Gasteiger partial charge in [0.1, 0.15) is 16.3 Å². The van der Waals surface area contributed by atoms with E-state index in [2.05, 4.69) is 85.2 Å². The van der Waals surface area contributed by atoms with Crippen molar-refractivity contribution in [1.29, 1.82) is 0 Å². The maximum atomic E-state index is 16.4. The molecular formula is C43H43ClFN3O3SSi. The molecule has 1 aliphatic heterocycles. The Morgan fingerprint density at radius 2 is 1.53 bits per heavy atom. The molecule has 0 unspecified atom stereocenters. The summed E-state index contributed by atoms with van der Waals surface area (Å²) < 4.78 is 33.5. The average molecular weight is 764 g/mol. The van der Waals surface area contributed by atoms with Gasteiger partial charge in [0, 0.05) is 49.3 Å². The summed E-state index contributed by atoms with van der Waals surface area (Å²) in [6.07, 6.45) is 0.436. The molecular weight excluding hydrogens is 721 g/mol. The number of carbonyl (C=O) groups excluding carboxylic acids is 1. The van der Waals surface area contributed by atoms with Crippen LogP contribution in [0.15, 0.2) is 115 Å². The molecule has 10 heteroatoms. The lowest BCUT2D eigenvalue weighted by molar-refractivity contribution is -0.127. The van der Waals surface area contributed by atoms with Gasteiger partial charge in [0.25, 0.3) is 8.32 Å². The topological polar surface area (TPSA) is 54.9 Å². The van der Waals surface area contributed by atoms with Gasteiger partial charge in [-0.3, -0.25) is 4.79 Å². The van der Waals surface area contributed by atoms with Gasteiger partial charge in [-0.2, -0.15) is 4.37 Å². The number of amides is 1. The minimum atomic E-state index is -2.72. The molecule has 0 N–H and O–H groups in total. The lowest BCUT2D eigenvalue weighted by atomic mass is 9.96. The van der Waals surface area contributed by atoms with Crippen LogP contribution >= 0.6 is 23.1 Å². The van der Waals surface area contributed by atoms with Gasteiger partial charge in [0.15, 0.2) is 5.82 Å². The summed E-state index contributed by atoms with van der Waals surface area (Å²) in [6, 6.07) is 34.3. The van der Waals surface area contributed by atoms with Crippen LogP contribution in [-0.4, -0.2) is 63.4 Å². The first-order valence-corrected chi connectivity index (χ1v) is 20.9. The summed E-state index contributed by atoms with van der Waals surface area (Å²) in [6.45, 7) is 13.5. The molecule has 1 fully saturated rings. The standard InChI is InChI=1S/C43H43ClFN3O3SSi/c1-29(20-25-51-53(43(2,3)4,32-15-8-6-9-16-32)33-17-10-7-11-18-33)41(49)47-21-23-48(24-22-47)42-36-28-37(44)38(39(45)40(36)46-52-42)35-27-31(50-5)26-30-14-12-13-19-34(30)35/h6-19,26-28H,1,20-25H2,2-5H3. The molecule has 5 aromatic carbocycles. The molecule has 0 atom stereocenters. The molecule has 53 heavy (non-hydrogen) atoms. The number of rotatable bonds is 10. The largest absolute Gasteiger partial charge is 0.497 e. The Morgan fingerprint density at radius 3 is 2.15 bits per heavy atom. The summed E-state index contributed by atoms with van der Waals surface area (Å²) in [5.74, 6) is 0.100. The van der Waals surface area contributed by atoms with Gasteiger partial charge in [-0.25, -0.2) is 4.39 Å². The summed E-state index contributed by atoms with van der Waals surface area (Å²) in [7, 11) is -1.13. The second-order valence-corrected chi connectivity index (χ2v) is 19.9. The van der Waals surface area contributed by atoms with Gasteiger partial charge in [-0.05, 0) is 67.9 Å². The van der Waals surface area contributed by atoms with Gasteiger partial charge < -0.3 is 19.0 Å². The molecule has 0 radical (unpaired) electrons. The van der Waals surface area contributed by atoms with Gasteiger partial charge in [0.05, 0.1) is 12.1 Å². The van der Waals surface area contributed by atoms with Crippen molar-refractivity contribution in [3.63, 3.8) is 0 Å². The van der Waals surface area contributed by atoms with Crippen molar-refractivity contribution in [2.24, 2.45) is 0 Å². The zero-order chi connectivity index (χ0) is 37.3. The smallest absolute Gasteiger partial charge is 0.261 e. The minimum absolute atomic E-state index is 0.0610. The number of fused-ring (bicyclic) bond motifs is 2. The van der Waals surface area contributed by atoms with Gasteiger partial charge in [-0.1, -0.05) is 124 Å². The van der Waals surface area contributed by atoms with Crippen molar-refractivity contribution >= 4 is 74.4 Å². The van der Waals surface area contributed by atoms with E-state index in [4.69, 9.17) is 20.8 Å². The highest BCUT2D eigenvalue weighted by molar-refractivity contribution is 7.11. The lowest BCUT2D eigenvalue weighted by Gasteiger charge is -2.43. The summed E-state index contributed by atoms with van der Waals surface area (Å²) in [4.78, 5) is 17.7. The van der Waals surface area contributed by atoms with E-state index in [0.29, 0.717) is 72.1 Å². The van der Waals surface area contributed by atoms with Crippen LogP contribution in [0.2, 0.25) is 10.1 Å². The second-order valence-electron chi connectivity index (χ2n) is 14.5. The van der Waals surface area contributed by atoms with E-state index in [1.165, 1.54) is 21.9 Å². The highest BCUT2D eigenvalue weighted by Gasteiger charge is 2.50. The first kappa shape index (κ1) is 36.8. The van der Waals surface area contributed by atoms with E-state index in [-0.39, 0.29) is 16.5 Å². The van der Waals surface area contributed by atoms with Crippen molar-refractivity contribution in [1.82, 2.24) is 9.27 Å². The Labute approximate surface area is 320 Å². The Morgan fingerprint density at radius 1 is 0.906 bits per heavy atom. The number of hydrogen-bond acceptors (Lipinski definition) is 6. The van der Waals surface area contributed by atoms with Crippen LogP contribution in [0.1, 0.15) is 27.2 Å². The van der Waals surface area contributed by atoms with Crippen molar-refractivity contribution in [2.45, 2.75) is 32.2 Å². The Hall–Kier alpha value is -4.54. The molecule has 1 aromatic heterocycles. The highest BCUT2D eigenvalue weighted by Crippen LogP contribution is 2.44. The first-order chi connectivity index (χ1) is 25.5. The quantitative estimate of drug-likeness (QED) is 0.103. The third-order valence-corrected chi connectivity index (χ3v) is 16.5. The van der Waals surface area contributed by atoms with Gasteiger partial charge >= 0.3 is 0 Å². The van der Waals surface area contributed by atoms with E-state index in [1.807, 2.05) is 59.5 Å². The molecule has 272 valence electrons. The number of nitrogens with zero attached hydrogens (tertiary/aromatic N) is 3. The molecule has 2 heterocycles. The SMILES string of the molecule is C=C(CCO[Si](c1ccccc1)(c1ccccc1)C(C)(C)C)C(=O)N1CCN(c2snc3c(F)c(-c4cc(OC)cc5ccccc45)c(Cl)cc23)CC1. The average Bonchev–Trinajstić information content (AvgIpc) is 3.60. The predicted molar refractivity (Wildman–Crippen MR) is 220 cm³/mol. The first-order valence-electron chi connectivity index (χ1n) is 17.8. The number of carbonyl (C=O) groups is 1. The van der Waals surface area contributed by atoms with E-state index < -0.39 is 14.1 Å². The Bertz CT molecular complexity index is 2250. The van der Waals surface area contributed by atoms with E-state index in [0.717, 1.165) is 15.8 Å². The van der Waals surface area contributed by atoms with E-state index >= 15 is 4.39 Å². The maximum absolute atomic E-state index is 16.4. The zero-order valence-electron chi connectivity index (χ0n) is 30.5. The summed E-state index contributed by atoms with van der Waals surface area (Å²) in [5.41, 5.74) is 1.78. The third kappa shape index (κ3) is 6.87. The number of piperazine rings is 1. The molecule has 1 saturated heterocycles.